The minimum atomic E-state index is -2.54. The highest BCUT2D eigenvalue weighted by molar-refractivity contribution is 6.62. The highest BCUT2D eigenvalue weighted by Crippen LogP contribution is 2.11. The first-order valence-electron chi connectivity index (χ1n) is 4.99. The van der Waals surface area contributed by atoms with Crippen molar-refractivity contribution in [3.05, 3.63) is 0 Å². The first-order valence-corrected chi connectivity index (χ1v) is 6.79. The molecule has 4 nitrogen and oxygen atoms in total. The summed E-state index contributed by atoms with van der Waals surface area (Å²) in [5.74, 6) is 0. The van der Waals surface area contributed by atoms with Crippen LogP contribution >= 0.6 is 0 Å². The quantitative estimate of drug-likeness (QED) is 0.719. The molecular formula is C9H25NO3Si. The second kappa shape index (κ2) is 9.61. The average molecular weight is 223 g/mol. The Hall–Kier alpha value is 0.0569. The van der Waals surface area contributed by atoms with Gasteiger partial charge in [0.25, 0.3) is 0 Å². The van der Waals surface area contributed by atoms with Gasteiger partial charge < -0.3 is 19.0 Å². The third kappa shape index (κ3) is 5.07. The van der Waals surface area contributed by atoms with Gasteiger partial charge in [0.15, 0.2) is 0 Å². The molecular weight excluding hydrogens is 198 g/mol. The van der Waals surface area contributed by atoms with Crippen LogP contribution in [0.5, 0.6) is 0 Å². The molecule has 0 aromatic carbocycles. The number of nitrogens with two attached hydrogens (primary N) is 1. The monoisotopic (exact) mass is 223 g/mol. The Kier molecular flexibility index (Phi) is 11.3. The van der Waals surface area contributed by atoms with E-state index < -0.39 is 8.80 Å². The highest BCUT2D eigenvalue weighted by atomic mass is 28.4. The van der Waals surface area contributed by atoms with E-state index in [9.17, 15) is 0 Å². The summed E-state index contributed by atoms with van der Waals surface area (Å²) < 4.78 is 15.5. The highest BCUT2D eigenvalue weighted by Gasteiger charge is 2.44. The second-order valence-electron chi connectivity index (χ2n) is 2.94. The lowest BCUT2D eigenvalue weighted by molar-refractivity contribution is 0.112. The maximum atomic E-state index is 5.77. The lowest BCUT2D eigenvalue weighted by Crippen LogP contribution is -2.58. The van der Waals surface area contributed by atoms with Gasteiger partial charge in [-0.2, -0.15) is 0 Å². The molecule has 1 unspecified atom stereocenters. The van der Waals surface area contributed by atoms with Crippen LogP contribution in [0.25, 0.3) is 0 Å². The zero-order valence-corrected chi connectivity index (χ0v) is 11.3. The van der Waals surface area contributed by atoms with E-state index in [-0.39, 0.29) is 5.67 Å². The van der Waals surface area contributed by atoms with Crippen molar-refractivity contribution >= 4 is 8.80 Å². The normalized spacial score (nSPS) is 13.1. The molecule has 0 amide bonds. The Balaban J connectivity index is 0. The zero-order valence-electron chi connectivity index (χ0n) is 10.3. The van der Waals surface area contributed by atoms with Crippen molar-refractivity contribution < 1.29 is 13.3 Å². The molecule has 0 aliphatic heterocycles. The van der Waals surface area contributed by atoms with Crippen LogP contribution in [0.4, 0.5) is 0 Å². The Bertz CT molecular complexity index is 112. The van der Waals surface area contributed by atoms with E-state index in [1.165, 1.54) is 6.42 Å². The molecule has 0 spiro atoms. The van der Waals surface area contributed by atoms with Gasteiger partial charge >= 0.3 is 8.80 Å². The van der Waals surface area contributed by atoms with Gasteiger partial charge in [0.2, 0.25) is 0 Å². The molecule has 0 aromatic heterocycles. The second-order valence-corrected chi connectivity index (χ2v) is 6.11. The van der Waals surface area contributed by atoms with Crippen molar-refractivity contribution in [2.45, 2.75) is 39.3 Å². The van der Waals surface area contributed by atoms with Gasteiger partial charge in [-0.3, -0.25) is 0 Å². The maximum absolute atomic E-state index is 5.77. The first-order chi connectivity index (χ1) is 6.58. The van der Waals surface area contributed by atoms with Crippen LogP contribution in [0.1, 0.15) is 33.6 Å². The molecule has 14 heavy (non-hydrogen) atoms. The van der Waals surface area contributed by atoms with Crippen molar-refractivity contribution in [2.75, 3.05) is 21.3 Å². The van der Waals surface area contributed by atoms with Crippen LogP contribution in [-0.4, -0.2) is 35.8 Å². The molecule has 0 aromatic rings. The Labute approximate surface area is 89.1 Å². The summed E-state index contributed by atoms with van der Waals surface area (Å²) >= 11 is 0. The number of hydrogen-bond acceptors (Lipinski definition) is 4. The molecule has 5 heteroatoms. The van der Waals surface area contributed by atoms with E-state index in [0.717, 1.165) is 6.42 Å². The largest absolute Gasteiger partial charge is 0.517 e. The standard InChI is InChI=1S/C6H17NO3Si.C3H8/c1-5-6(7)11(8-2,9-3)10-4;1-3-2/h6H,5,7H2,1-4H3;3H2,1-2H3. The summed E-state index contributed by atoms with van der Waals surface area (Å²) in [5.41, 5.74) is 5.63. The van der Waals surface area contributed by atoms with E-state index >= 15 is 0 Å². The van der Waals surface area contributed by atoms with Crippen molar-refractivity contribution in [1.82, 2.24) is 0 Å². The summed E-state index contributed by atoms with van der Waals surface area (Å²) in [6.07, 6.45) is 2.04. The Morgan fingerprint density at radius 2 is 1.29 bits per heavy atom. The van der Waals surface area contributed by atoms with Crippen molar-refractivity contribution in [1.29, 1.82) is 0 Å². The molecule has 0 bridgehead atoms. The minimum absolute atomic E-state index is 0.137. The third-order valence-electron chi connectivity index (χ3n) is 1.75. The van der Waals surface area contributed by atoms with E-state index in [1.54, 1.807) is 21.3 Å². The molecule has 0 fully saturated rings. The van der Waals surface area contributed by atoms with Gasteiger partial charge in [0, 0.05) is 21.3 Å². The summed E-state index contributed by atoms with van der Waals surface area (Å²) in [6, 6.07) is 0. The van der Waals surface area contributed by atoms with Gasteiger partial charge in [0.1, 0.15) is 0 Å². The minimum Gasteiger partial charge on any atom is -0.376 e. The van der Waals surface area contributed by atoms with Gasteiger partial charge in [-0.25, -0.2) is 0 Å². The summed E-state index contributed by atoms with van der Waals surface area (Å²) in [4.78, 5) is 0. The Morgan fingerprint density at radius 1 is 1.00 bits per heavy atom. The fourth-order valence-electron chi connectivity index (χ4n) is 0.954. The summed E-state index contributed by atoms with van der Waals surface area (Å²) in [5, 5.41) is 0. The van der Waals surface area contributed by atoms with Crippen LogP contribution in [0.3, 0.4) is 0 Å². The average Bonchev–Trinajstić information content (AvgIpc) is 2.22. The van der Waals surface area contributed by atoms with Crippen LogP contribution in [-0.2, 0) is 13.3 Å². The predicted octanol–water partition coefficient (Wildman–Crippen LogP) is 1.56. The SMILES string of the molecule is CCC.CCC(N)[Si](OC)(OC)OC. The van der Waals surface area contributed by atoms with Gasteiger partial charge in [-0.15, -0.1) is 0 Å². The maximum Gasteiger partial charge on any atom is 0.517 e. The van der Waals surface area contributed by atoms with E-state index in [0.29, 0.717) is 0 Å². The van der Waals surface area contributed by atoms with Crippen molar-refractivity contribution in [3.63, 3.8) is 0 Å². The summed E-state index contributed by atoms with van der Waals surface area (Å²) in [7, 11) is 2.15. The lowest BCUT2D eigenvalue weighted by Gasteiger charge is -2.28. The van der Waals surface area contributed by atoms with Crippen molar-refractivity contribution in [3.8, 4) is 0 Å². The van der Waals surface area contributed by atoms with Crippen LogP contribution in [0.2, 0.25) is 0 Å². The van der Waals surface area contributed by atoms with Gasteiger partial charge in [-0.1, -0.05) is 27.2 Å². The zero-order chi connectivity index (χ0) is 11.6. The molecule has 0 radical (unpaired) electrons. The molecule has 2 N–H and O–H groups in total. The molecule has 1 atom stereocenters. The van der Waals surface area contributed by atoms with Crippen molar-refractivity contribution in [2.24, 2.45) is 5.73 Å². The topological polar surface area (TPSA) is 53.7 Å². The smallest absolute Gasteiger partial charge is 0.376 e. The van der Waals surface area contributed by atoms with Gasteiger partial charge in [-0.05, 0) is 6.42 Å². The summed E-state index contributed by atoms with van der Waals surface area (Å²) in [6.45, 7) is 6.23. The molecule has 0 rings (SSSR count). The van der Waals surface area contributed by atoms with Crippen LogP contribution in [0, 0.1) is 0 Å². The van der Waals surface area contributed by atoms with E-state index in [2.05, 4.69) is 13.8 Å². The van der Waals surface area contributed by atoms with E-state index in [1.807, 2.05) is 6.92 Å². The first kappa shape index (κ1) is 16.5. The van der Waals surface area contributed by atoms with Crippen LogP contribution < -0.4 is 5.73 Å². The number of hydrogen-bond donors (Lipinski definition) is 1. The predicted molar refractivity (Wildman–Crippen MR) is 61.0 cm³/mol. The third-order valence-corrected chi connectivity index (χ3v) is 4.77. The fourth-order valence-corrected chi connectivity index (χ4v) is 2.86. The fraction of sp³-hybridized carbons (Fsp3) is 1.00. The number of rotatable bonds is 5. The lowest BCUT2D eigenvalue weighted by atomic mass is 10.5. The molecule has 0 aliphatic carbocycles. The molecule has 0 heterocycles. The molecule has 0 saturated heterocycles. The molecule has 88 valence electrons. The Morgan fingerprint density at radius 3 is 1.36 bits per heavy atom. The molecule has 0 aliphatic rings. The van der Waals surface area contributed by atoms with Gasteiger partial charge in [0.05, 0.1) is 5.67 Å². The van der Waals surface area contributed by atoms with E-state index in [4.69, 9.17) is 19.0 Å². The van der Waals surface area contributed by atoms with Crippen LogP contribution in [0.15, 0.2) is 0 Å². The molecule has 0 saturated carbocycles.